The second-order valence-corrected chi connectivity index (χ2v) is 5.15. The van der Waals surface area contributed by atoms with Gasteiger partial charge in [-0.25, -0.2) is 9.97 Å². The van der Waals surface area contributed by atoms with Crippen molar-refractivity contribution in [1.82, 2.24) is 9.97 Å². The van der Waals surface area contributed by atoms with Crippen LogP contribution in [0.25, 0.3) is 0 Å². The van der Waals surface area contributed by atoms with E-state index in [0.29, 0.717) is 11.7 Å². The van der Waals surface area contributed by atoms with Gasteiger partial charge in [-0.1, -0.05) is 6.92 Å². The Balaban J connectivity index is 2.39. The highest BCUT2D eigenvalue weighted by molar-refractivity contribution is 14.1. The van der Waals surface area contributed by atoms with Gasteiger partial charge in [0.15, 0.2) is 5.82 Å². The van der Waals surface area contributed by atoms with Gasteiger partial charge in [-0.3, -0.25) is 0 Å². The zero-order chi connectivity index (χ0) is 11.7. The maximum absolute atomic E-state index is 5.92. The summed E-state index contributed by atoms with van der Waals surface area (Å²) in [6.07, 6.45) is 3.25. The number of rotatable bonds is 4. The molecule has 0 spiro atoms. The van der Waals surface area contributed by atoms with E-state index in [1.165, 1.54) is 12.8 Å². The van der Waals surface area contributed by atoms with Gasteiger partial charge in [-0.2, -0.15) is 0 Å². The predicted molar refractivity (Wildman–Crippen MR) is 71.2 cm³/mol. The average Bonchev–Trinajstić information content (AvgIpc) is 3.08. The van der Waals surface area contributed by atoms with Crippen molar-refractivity contribution < 1.29 is 4.74 Å². The summed E-state index contributed by atoms with van der Waals surface area (Å²) in [7, 11) is 1.68. The van der Waals surface area contributed by atoms with Gasteiger partial charge in [0.1, 0.15) is 11.9 Å². The van der Waals surface area contributed by atoms with Gasteiger partial charge in [-0.15, -0.1) is 0 Å². The first kappa shape index (κ1) is 12.0. The van der Waals surface area contributed by atoms with E-state index in [0.717, 1.165) is 21.5 Å². The summed E-state index contributed by atoms with van der Waals surface area (Å²) in [6.45, 7) is 2.06. The van der Waals surface area contributed by atoms with Crippen LogP contribution in [0, 0.1) is 3.57 Å². The molecule has 1 saturated carbocycles. The Kier molecular flexibility index (Phi) is 3.63. The second-order valence-electron chi connectivity index (χ2n) is 4.07. The van der Waals surface area contributed by atoms with Gasteiger partial charge < -0.3 is 10.5 Å². The van der Waals surface area contributed by atoms with Gasteiger partial charge in [-0.05, 0) is 41.9 Å². The van der Waals surface area contributed by atoms with E-state index >= 15 is 0 Å². The van der Waals surface area contributed by atoms with Gasteiger partial charge in [0.25, 0.3) is 0 Å². The van der Waals surface area contributed by atoms with Crippen LogP contribution in [0.2, 0.25) is 0 Å². The number of anilines is 1. The summed E-state index contributed by atoms with van der Waals surface area (Å²) in [5.41, 5.74) is 7.03. The molecule has 1 atom stereocenters. The lowest BCUT2D eigenvalue weighted by Crippen LogP contribution is -2.11. The number of hydrogen-bond donors (Lipinski definition) is 1. The Bertz CT molecular complexity index is 389. The molecule has 1 aromatic heterocycles. The minimum Gasteiger partial charge on any atom is -0.383 e. The first-order chi connectivity index (χ1) is 7.67. The lowest BCUT2D eigenvalue weighted by Gasteiger charge is -2.14. The minimum absolute atomic E-state index is 0.0446. The molecule has 1 aliphatic carbocycles. The maximum Gasteiger partial charge on any atom is 0.159 e. The van der Waals surface area contributed by atoms with Crippen LogP contribution in [0.3, 0.4) is 0 Å². The number of nitrogen functional groups attached to an aromatic ring is 1. The monoisotopic (exact) mass is 333 g/mol. The van der Waals surface area contributed by atoms with Crippen LogP contribution < -0.4 is 5.73 Å². The standard InChI is InChI=1S/C11H16IN3O/c1-3-7(16-2)11-14-9(6-4-5-6)8(12)10(13)15-11/h6-7H,3-5H2,1-2H3,(H2,13,14,15). The van der Waals surface area contributed by atoms with Crippen molar-refractivity contribution in [1.29, 1.82) is 0 Å². The van der Waals surface area contributed by atoms with Crippen LogP contribution in [0.4, 0.5) is 5.82 Å². The van der Waals surface area contributed by atoms with E-state index in [1.807, 2.05) is 0 Å². The molecule has 5 heteroatoms. The molecular formula is C11H16IN3O. The molecule has 2 N–H and O–H groups in total. The highest BCUT2D eigenvalue weighted by Gasteiger charge is 2.29. The van der Waals surface area contributed by atoms with Gasteiger partial charge in [0, 0.05) is 13.0 Å². The second kappa shape index (κ2) is 4.83. The van der Waals surface area contributed by atoms with E-state index < -0.39 is 0 Å². The number of nitrogens with zero attached hydrogens (tertiary/aromatic N) is 2. The zero-order valence-electron chi connectivity index (χ0n) is 9.53. The van der Waals surface area contributed by atoms with Crippen molar-refractivity contribution in [2.24, 2.45) is 0 Å². The summed E-state index contributed by atoms with van der Waals surface area (Å²) in [6, 6.07) is 0. The van der Waals surface area contributed by atoms with Crippen molar-refractivity contribution in [3.05, 3.63) is 15.1 Å². The van der Waals surface area contributed by atoms with Crippen LogP contribution in [0.5, 0.6) is 0 Å². The summed E-state index contributed by atoms with van der Waals surface area (Å²) in [5, 5.41) is 0. The Hall–Kier alpha value is -0.430. The smallest absolute Gasteiger partial charge is 0.159 e. The van der Waals surface area contributed by atoms with Crippen LogP contribution in [0.15, 0.2) is 0 Å². The molecule has 1 unspecified atom stereocenters. The molecule has 0 aliphatic heterocycles. The first-order valence-electron chi connectivity index (χ1n) is 5.53. The fraction of sp³-hybridized carbons (Fsp3) is 0.636. The molecule has 1 heterocycles. The van der Waals surface area contributed by atoms with E-state index in [2.05, 4.69) is 39.5 Å². The lowest BCUT2D eigenvalue weighted by atomic mass is 10.2. The van der Waals surface area contributed by atoms with Gasteiger partial charge >= 0.3 is 0 Å². The SMILES string of the molecule is CCC(OC)c1nc(N)c(I)c(C2CC2)n1. The van der Waals surface area contributed by atoms with Gasteiger partial charge in [0.2, 0.25) is 0 Å². The summed E-state index contributed by atoms with van der Waals surface area (Å²) in [5.74, 6) is 1.90. The lowest BCUT2D eigenvalue weighted by molar-refractivity contribution is 0.0924. The molecule has 4 nitrogen and oxygen atoms in total. The minimum atomic E-state index is -0.0446. The van der Waals surface area contributed by atoms with Crippen molar-refractivity contribution in [2.75, 3.05) is 12.8 Å². The van der Waals surface area contributed by atoms with Crippen molar-refractivity contribution >= 4 is 28.4 Å². The number of methoxy groups -OCH3 is 1. The number of ether oxygens (including phenoxy) is 1. The third-order valence-corrected chi connectivity index (χ3v) is 3.93. The molecule has 0 saturated heterocycles. The number of hydrogen-bond acceptors (Lipinski definition) is 4. The zero-order valence-corrected chi connectivity index (χ0v) is 11.7. The van der Waals surface area contributed by atoms with E-state index in [-0.39, 0.29) is 6.10 Å². The fourth-order valence-electron chi connectivity index (χ4n) is 1.73. The molecule has 0 amide bonds. The summed E-state index contributed by atoms with van der Waals surface area (Å²) < 4.78 is 6.36. The summed E-state index contributed by atoms with van der Waals surface area (Å²) >= 11 is 2.23. The molecule has 1 aromatic rings. The Labute approximate surface area is 109 Å². The molecule has 0 bridgehead atoms. The molecule has 1 aliphatic rings. The average molecular weight is 333 g/mol. The Morgan fingerprint density at radius 3 is 2.69 bits per heavy atom. The van der Waals surface area contributed by atoms with Crippen molar-refractivity contribution in [3.63, 3.8) is 0 Å². The molecule has 1 fully saturated rings. The van der Waals surface area contributed by atoms with Crippen molar-refractivity contribution in [3.8, 4) is 0 Å². The topological polar surface area (TPSA) is 61.0 Å². The molecule has 88 valence electrons. The quantitative estimate of drug-likeness (QED) is 0.861. The highest BCUT2D eigenvalue weighted by Crippen LogP contribution is 2.42. The number of nitrogens with two attached hydrogens (primary N) is 1. The van der Waals surface area contributed by atoms with Gasteiger partial charge in [0.05, 0.1) is 9.26 Å². The molecule has 2 rings (SSSR count). The molecule has 16 heavy (non-hydrogen) atoms. The van der Waals surface area contributed by atoms with E-state index in [1.54, 1.807) is 7.11 Å². The van der Waals surface area contributed by atoms with Crippen LogP contribution in [-0.2, 0) is 4.74 Å². The predicted octanol–water partition coefficient (Wildman–Crippen LogP) is 2.64. The third kappa shape index (κ3) is 2.29. The van der Waals surface area contributed by atoms with E-state index in [4.69, 9.17) is 10.5 Å². The largest absolute Gasteiger partial charge is 0.383 e. The van der Waals surface area contributed by atoms with Crippen molar-refractivity contribution in [2.45, 2.75) is 38.2 Å². The highest BCUT2D eigenvalue weighted by atomic mass is 127. The maximum atomic E-state index is 5.92. The van der Waals surface area contributed by atoms with Crippen LogP contribution in [0.1, 0.15) is 49.7 Å². The third-order valence-electron chi connectivity index (χ3n) is 2.83. The van der Waals surface area contributed by atoms with E-state index in [9.17, 15) is 0 Å². The van der Waals surface area contributed by atoms with Crippen LogP contribution in [-0.4, -0.2) is 17.1 Å². The first-order valence-corrected chi connectivity index (χ1v) is 6.60. The molecular weight excluding hydrogens is 317 g/mol. The molecule has 0 aromatic carbocycles. The number of aromatic nitrogens is 2. The number of halogens is 1. The van der Waals surface area contributed by atoms with Crippen LogP contribution >= 0.6 is 22.6 Å². The fourth-order valence-corrected chi connectivity index (χ4v) is 2.41. The normalized spacial score (nSPS) is 17.4. The Morgan fingerprint density at radius 2 is 2.19 bits per heavy atom. The molecule has 0 radical (unpaired) electrons. The Morgan fingerprint density at radius 1 is 1.50 bits per heavy atom. The summed E-state index contributed by atoms with van der Waals surface area (Å²) in [4.78, 5) is 8.93.